The van der Waals surface area contributed by atoms with Gasteiger partial charge in [-0.05, 0) is 45.3 Å². The number of benzene rings is 5. The van der Waals surface area contributed by atoms with E-state index >= 15 is 0 Å². The van der Waals surface area contributed by atoms with Crippen LogP contribution in [-0.4, -0.2) is 11.0 Å². The topological polar surface area (TPSA) is 84.9 Å². The van der Waals surface area contributed by atoms with Crippen LogP contribution < -0.4 is 9.84 Å². The van der Waals surface area contributed by atoms with Gasteiger partial charge in [0.15, 0.2) is 5.78 Å². The van der Waals surface area contributed by atoms with Crippen molar-refractivity contribution in [2.24, 2.45) is 0 Å². The van der Waals surface area contributed by atoms with Crippen LogP contribution in [0.25, 0.3) is 21.5 Å². The van der Waals surface area contributed by atoms with Crippen LogP contribution in [0, 0.1) is 0 Å². The Labute approximate surface area is 208 Å². The third kappa shape index (κ3) is 5.10. The van der Waals surface area contributed by atoms with Gasteiger partial charge in [0.1, 0.15) is 12.4 Å². The highest BCUT2D eigenvalue weighted by atomic mass is 31.2. The van der Waals surface area contributed by atoms with E-state index in [1.54, 1.807) is 30.3 Å². The van der Waals surface area contributed by atoms with E-state index in [0.29, 0.717) is 5.56 Å². The summed E-state index contributed by atoms with van der Waals surface area (Å²) in [6.45, 7) is 0.0188. The van der Waals surface area contributed by atoms with Gasteiger partial charge in [0, 0.05) is 5.56 Å². The quantitative estimate of drug-likeness (QED) is 0.184. The van der Waals surface area contributed by atoms with Crippen LogP contribution in [0.2, 0.25) is 0 Å². The average molecular weight is 497 g/mol. The summed E-state index contributed by atoms with van der Waals surface area (Å²) >= 11 is 0. The third-order valence-corrected chi connectivity index (χ3v) is 7.37. The van der Waals surface area contributed by atoms with Crippen molar-refractivity contribution in [3.8, 4) is 5.75 Å². The van der Waals surface area contributed by atoms with E-state index < -0.39 is 19.5 Å². The van der Waals surface area contributed by atoms with E-state index in [2.05, 4.69) is 5.32 Å². The van der Waals surface area contributed by atoms with Gasteiger partial charge in [0.25, 0.3) is 0 Å². The maximum atomic E-state index is 13.8. The van der Waals surface area contributed by atoms with Gasteiger partial charge in [0.05, 0.1) is 0 Å². The molecule has 2 N–H and O–H groups in total. The zero-order valence-electron chi connectivity index (χ0n) is 19.3. The Morgan fingerprint density at radius 3 is 1.92 bits per heavy atom. The zero-order chi connectivity index (χ0) is 25.0. The van der Waals surface area contributed by atoms with Crippen LogP contribution >= 0.6 is 7.60 Å². The number of carbonyl (C=O) groups is 1. The van der Waals surface area contributed by atoms with Crippen LogP contribution in [0.3, 0.4) is 0 Å². The number of ether oxygens (including phenoxy) is 1. The van der Waals surface area contributed by atoms with Crippen molar-refractivity contribution in [1.82, 2.24) is 5.32 Å². The SMILES string of the molecule is O=C(NC(c1c2ccccc2cc2ccccc12)P(=O)(O)Oc1ccccc1)OCc1ccccc1. The first kappa shape index (κ1) is 23.6. The molecular formula is C29H24NO5P. The molecule has 7 heteroatoms. The summed E-state index contributed by atoms with van der Waals surface area (Å²) in [5.74, 6) is -1.17. The van der Waals surface area contributed by atoms with Crippen molar-refractivity contribution in [3.05, 3.63) is 126 Å². The standard InChI is InChI=1S/C29H24NO5P/c31-29(34-20-21-11-3-1-4-12-21)30-28(36(32,33)35-24-15-5-2-6-16-24)27-25-17-9-7-13-22(25)19-23-14-8-10-18-26(23)27/h1-19,28H,20H2,(H,30,31)(H,32,33). The predicted molar refractivity (Wildman–Crippen MR) is 141 cm³/mol. The molecule has 0 aromatic heterocycles. The molecule has 0 fully saturated rings. The molecule has 0 saturated carbocycles. The molecule has 0 heterocycles. The molecule has 2 unspecified atom stereocenters. The minimum atomic E-state index is -4.52. The molecule has 0 saturated heterocycles. The Morgan fingerprint density at radius 1 is 0.778 bits per heavy atom. The van der Waals surface area contributed by atoms with Crippen LogP contribution in [-0.2, 0) is 15.9 Å². The van der Waals surface area contributed by atoms with E-state index in [1.165, 1.54) is 0 Å². The number of carbonyl (C=O) groups excluding carboxylic acids is 1. The number of alkyl carbamates (subject to hydrolysis) is 1. The summed E-state index contributed by atoms with van der Waals surface area (Å²) in [6.07, 6.45) is -0.827. The van der Waals surface area contributed by atoms with E-state index in [9.17, 15) is 14.3 Å². The summed E-state index contributed by atoms with van der Waals surface area (Å²) in [5.41, 5.74) is 1.29. The largest absolute Gasteiger partial charge is 0.445 e. The van der Waals surface area contributed by atoms with E-state index in [0.717, 1.165) is 27.1 Å². The smallest absolute Gasteiger partial charge is 0.408 e. The molecule has 5 rings (SSSR count). The lowest BCUT2D eigenvalue weighted by Crippen LogP contribution is -2.30. The number of fused-ring (bicyclic) bond motifs is 2. The van der Waals surface area contributed by atoms with Gasteiger partial charge in [0.2, 0.25) is 0 Å². The minimum Gasteiger partial charge on any atom is -0.445 e. The molecule has 0 aliphatic carbocycles. The van der Waals surface area contributed by atoms with Gasteiger partial charge < -0.3 is 19.5 Å². The maximum absolute atomic E-state index is 13.8. The number of rotatable bonds is 7. The molecule has 0 radical (unpaired) electrons. The Hall–Kier alpha value is -4.12. The second-order valence-corrected chi connectivity index (χ2v) is 10.1. The molecule has 0 bridgehead atoms. The Morgan fingerprint density at radius 2 is 1.31 bits per heavy atom. The number of nitrogens with one attached hydrogen (secondary N) is 1. The van der Waals surface area contributed by atoms with Crippen LogP contribution in [0.5, 0.6) is 5.75 Å². The van der Waals surface area contributed by atoms with Gasteiger partial charge >= 0.3 is 13.7 Å². The zero-order valence-corrected chi connectivity index (χ0v) is 20.2. The minimum absolute atomic E-state index is 0.0188. The highest BCUT2D eigenvalue weighted by Crippen LogP contribution is 2.57. The lowest BCUT2D eigenvalue weighted by molar-refractivity contribution is 0.137. The fourth-order valence-electron chi connectivity index (χ4n) is 4.22. The second kappa shape index (κ2) is 10.2. The fraction of sp³-hybridized carbons (Fsp3) is 0.0690. The van der Waals surface area contributed by atoms with Crippen molar-refractivity contribution in [3.63, 3.8) is 0 Å². The Kier molecular flexibility index (Phi) is 6.72. The van der Waals surface area contributed by atoms with Gasteiger partial charge in [-0.2, -0.15) is 0 Å². The molecular weight excluding hydrogens is 473 g/mol. The van der Waals surface area contributed by atoms with E-state index in [-0.39, 0.29) is 12.4 Å². The monoisotopic (exact) mass is 497 g/mol. The molecule has 0 aliphatic rings. The molecule has 5 aromatic carbocycles. The van der Waals surface area contributed by atoms with Gasteiger partial charge in [-0.15, -0.1) is 0 Å². The van der Waals surface area contributed by atoms with E-state index in [1.807, 2.05) is 84.9 Å². The predicted octanol–water partition coefficient (Wildman–Crippen LogP) is 7.18. The second-order valence-electron chi connectivity index (χ2n) is 8.31. The van der Waals surface area contributed by atoms with Gasteiger partial charge in [-0.25, -0.2) is 9.36 Å². The summed E-state index contributed by atoms with van der Waals surface area (Å²) in [7, 11) is -4.52. The van der Waals surface area contributed by atoms with Crippen LogP contribution in [0.1, 0.15) is 16.9 Å². The molecule has 5 aromatic rings. The van der Waals surface area contributed by atoms with Crippen molar-refractivity contribution in [2.75, 3.05) is 0 Å². The van der Waals surface area contributed by atoms with Crippen molar-refractivity contribution in [2.45, 2.75) is 12.4 Å². The van der Waals surface area contributed by atoms with Crippen LogP contribution in [0.4, 0.5) is 4.79 Å². The fourth-order valence-corrected chi connectivity index (χ4v) is 5.62. The molecule has 36 heavy (non-hydrogen) atoms. The first-order chi connectivity index (χ1) is 17.5. The van der Waals surface area contributed by atoms with Crippen molar-refractivity contribution < 1.29 is 23.5 Å². The first-order valence-corrected chi connectivity index (χ1v) is 13.1. The molecule has 0 aliphatic heterocycles. The molecule has 1 amide bonds. The highest BCUT2D eigenvalue weighted by molar-refractivity contribution is 7.53. The molecule has 180 valence electrons. The summed E-state index contributed by atoms with van der Waals surface area (Å²) in [5, 5.41) is 5.85. The van der Waals surface area contributed by atoms with Crippen molar-refractivity contribution >= 4 is 35.2 Å². The molecule has 2 atom stereocenters. The van der Waals surface area contributed by atoms with Gasteiger partial charge in [-0.1, -0.05) is 97.1 Å². The summed E-state index contributed by atoms with van der Waals surface area (Å²) < 4.78 is 24.9. The number of hydrogen-bond donors (Lipinski definition) is 2. The summed E-state index contributed by atoms with van der Waals surface area (Å²) in [4.78, 5) is 24.2. The number of amides is 1. The van der Waals surface area contributed by atoms with E-state index in [4.69, 9.17) is 9.26 Å². The maximum Gasteiger partial charge on any atom is 0.408 e. The highest BCUT2D eigenvalue weighted by Gasteiger charge is 2.39. The molecule has 6 nitrogen and oxygen atoms in total. The van der Waals surface area contributed by atoms with Gasteiger partial charge in [-0.3, -0.25) is 0 Å². The summed E-state index contributed by atoms with van der Waals surface area (Å²) in [6, 6.07) is 34.7. The first-order valence-electron chi connectivity index (χ1n) is 11.5. The normalized spacial score (nSPS) is 13.6. The lowest BCUT2D eigenvalue weighted by atomic mass is 9.96. The Bertz CT molecular complexity index is 1500. The lowest BCUT2D eigenvalue weighted by Gasteiger charge is -2.26. The Balaban J connectivity index is 1.59. The molecule has 0 spiro atoms. The van der Waals surface area contributed by atoms with Crippen molar-refractivity contribution in [1.29, 1.82) is 0 Å². The van der Waals surface area contributed by atoms with Crippen LogP contribution in [0.15, 0.2) is 115 Å². The number of hydrogen-bond acceptors (Lipinski definition) is 4. The average Bonchev–Trinajstić information content (AvgIpc) is 2.90. The number of para-hydroxylation sites is 1. The third-order valence-electron chi connectivity index (χ3n) is 5.86.